The van der Waals surface area contributed by atoms with E-state index in [1.807, 2.05) is 19.9 Å². The predicted octanol–water partition coefficient (Wildman–Crippen LogP) is 2.98. The molecule has 2 aliphatic rings. The van der Waals surface area contributed by atoms with E-state index in [0.29, 0.717) is 34.6 Å². The second-order valence-corrected chi connectivity index (χ2v) is 12.0. The number of fused-ring (bicyclic) bond motifs is 1. The van der Waals surface area contributed by atoms with Gasteiger partial charge >= 0.3 is 0 Å². The smallest absolute Gasteiger partial charge is 0.225 e. The summed E-state index contributed by atoms with van der Waals surface area (Å²) in [6.45, 7) is 7.27. The number of rotatable bonds is 7. The number of anilines is 2. The molecule has 3 aromatic heterocycles. The molecule has 0 amide bonds. The Morgan fingerprint density at radius 3 is 2.54 bits per heavy atom. The number of thiazole rings is 1. The molecule has 0 aliphatic heterocycles. The van der Waals surface area contributed by atoms with Gasteiger partial charge < -0.3 is 26.0 Å². The Labute approximate surface area is 219 Å². The number of aliphatic hydroxyl groups excluding tert-OH is 1. The summed E-state index contributed by atoms with van der Waals surface area (Å²) in [6.07, 6.45) is 4.18. The van der Waals surface area contributed by atoms with Crippen molar-refractivity contribution in [3.8, 4) is 10.6 Å². The fourth-order valence-corrected chi connectivity index (χ4v) is 6.52. The average molecular weight is 527 g/mol. The highest BCUT2D eigenvalue weighted by molar-refractivity contribution is 7.21. The van der Waals surface area contributed by atoms with Gasteiger partial charge in [0.1, 0.15) is 22.4 Å². The number of aryl methyl sites for hydroxylation is 2. The molecule has 11 heteroatoms. The van der Waals surface area contributed by atoms with Crippen LogP contribution < -0.4 is 10.6 Å². The molecular formula is C26H34N6O4S. The molecule has 5 N–H and O–H groups in total. The number of hydrogen-bond donors (Lipinski definition) is 5. The van der Waals surface area contributed by atoms with E-state index in [9.17, 15) is 20.1 Å². The number of carbonyl (C=O) groups is 1. The largest absolute Gasteiger partial charge is 0.390 e. The number of carbonyl (C=O) groups excluding carboxylic acids is 1. The third-order valence-corrected chi connectivity index (χ3v) is 8.62. The molecule has 0 radical (unpaired) electrons. The molecule has 0 spiro atoms. The molecule has 198 valence electrons. The van der Waals surface area contributed by atoms with Crippen molar-refractivity contribution >= 4 is 39.1 Å². The molecular weight excluding hydrogens is 492 g/mol. The molecule has 3 heterocycles. The quantitative estimate of drug-likeness (QED) is 0.310. The van der Waals surface area contributed by atoms with Crippen LogP contribution in [0.1, 0.15) is 57.3 Å². The van der Waals surface area contributed by atoms with Gasteiger partial charge in [-0.1, -0.05) is 12.8 Å². The maximum Gasteiger partial charge on any atom is 0.225 e. The molecule has 2 aliphatic carbocycles. The molecule has 0 saturated heterocycles. The first kappa shape index (κ1) is 25.9. The van der Waals surface area contributed by atoms with Gasteiger partial charge in [-0.3, -0.25) is 9.78 Å². The summed E-state index contributed by atoms with van der Waals surface area (Å²) in [4.78, 5) is 31.3. The average Bonchev–Trinajstić information content (AvgIpc) is 3.52. The number of nitrogens with zero attached hydrogens (tertiary/aromatic N) is 4. The zero-order valence-electron chi connectivity index (χ0n) is 21.6. The predicted molar refractivity (Wildman–Crippen MR) is 143 cm³/mol. The third-order valence-electron chi connectivity index (χ3n) is 7.58. The van der Waals surface area contributed by atoms with Crippen LogP contribution in [0, 0.1) is 19.8 Å². The van der Waals surface area contributed by atoms with Crippen LogP contribution in [0.4, 0.5) is 11.8 Å². The van der Waals surface area contributed by atoms with Gasteiger partial charge in [0, 0.05) is 12.7 Å². The van der Waals surface area contributed by atoms with Crippen LogP contribution in [0.25, 0.3) is 20.8 Å². The summed E-state index contributed by atoms with van der Waals surface area (Å²) in [7, 11) is 0. The molecule has 0 aromatic carbocycles. The van der Waals surface area contributed by atoms with Crippen molar-refractivity contribution in [2.24, 2.45) is 5.92 Å². The summed E-state index contributed by atoms with van der Waals surface area (Å²) in [5.41, 5.74) is 0.936. The summed E-state index contributed by atoms with van der Waals surface area (Å²) in [5, 5.41) is 39.2. The van der Waals surface area contributed by atoms with Crippen LogP contribution >= 0.6 is 11.3 Å². The Morgan fingerprint density at radius 1 is 1.16 bits per heavy atom. The van der Waals surface area contributed by atoms with Crippen molar-refractivity contribution in [3.63, 3.8) is 0 Å². The second-order valence-electron chi connectivity index (χ2n) is 10.9. The van der Waals surface area contributed by atoms with Crippen molar-refractivity contribution in [2.75, 3.05) is 17.2 Å². The molecule has 10 nitrogen and oxygen atoms in total. The summed E-state index contributed by atoms with van der Waals surface area (Å²) < 4.78 is 0.983. The van der Waals surface area contributed by atoms with E-state index < -0.39 is 29.3 Å². The lowest BCUT2D eigenvalue weighted by atomic mass is 9.89. The number of Topliss-reactive ketones (excluding diaryl/α,β-unsaturated/α-hetero) is 1. The van der Waals surface area contributed by atoms with Crippen molar-refractivity contribution < 1.29 is 20.1 Å². The van der Waals surface area contributed by atoms with Gasteiger partial charge in [0.05, 0.1) is 44.8 Å². The highest BCUT2D eigenvalue weighted by atomic mass is 32.1. The van der Waals surface area contributed by atoms with Gasteiger partial charge in [-0.15, -0.1) is 11.3 Å². The van der Waals surface area contributed by atoms with E-state index in [-0.39, 0.29) is 12.2 Å². The minimum absolute atomic E-state index is 0.261. The Kier molecular flexibility index (Phi) is 6.68. The van der Waals surface area contributed by atoms with Crippen LogP contribution in [-0.2, 0) is 4.79 Å². The van der Waals surface area contributed by atoms with Gasteiger partial charge in [0.25, 0.3) is 0 Å². The van der Waals surface area contributed by atoms with E-state index in [0.717, 1.165) is 41.6 Å². The maximum atomic E-state index is 12.7. The van der Waals surface area contributed by atoms with Gasteiger partial charge in [-0.2, -0.15) is 4.98 Å². The maximum absolute atomic E-state index is 12.7. The van der Waals surface area contributed by atoms with E-state index in [1.165, 1.54) is 11.3 Å². The lowest BCUT2D eigenvalue weighted by molar-refractivity contribution is -0.133. The minimum Gasteiger partial charge on any atom is -0.390 e. The summed E-state index contributed by atoms with van der Waals surface area (Å²) in [5.74, 6) is -0.301. The number of aliphatic hydroxyl groups is 3. The molecule has 37 heavy (non-hydrogen) atoms. The zero-order chi connectivity index (χ0) is 26.5. The normalized spacial score (nSPS) is 23.6. The summed E-state index contributed by atoms with van der Waals surface area (Å²) in [6, 6.07) is 1.28. The fraction of sp³-hybridized carbons (Fsp3) is 0.577. The Bertz CT molecular complexity index is 1330. The molecule has 2 fully saturated rings. The van der Waals surface area contributed by atoms with Crippen LogP contribution in [0.15, 0.2) is 12.3 Å². The number of pyridine rings is 1. The van der Waals surface area contributed by atoms with E-state index >= 15 is 0 Å². The first-order valence-corrected chi connectivity index (χ1v) is 13.5. The molecule has 5 rings (SSSR count). The fourth-order valence-electron chi connectivity index (χ4n) is 5.41. The first-order valence-electron chi connectivity index (χ1n) is 12.7. The third kappa shape index (κ3) is 5.05. The standard InChI is InChI=1S/C26H34N6O4S/c1-13-18(23-31-19-14(2)27-10-7-17(19)37-23)22(30-16-11-15(25(3,4)35)20(33)21(16)34)32-24(29-13)28-12-26(36)8-5-6-9-26/h7,10,15-16,21,34-36H,5-6,8-9,11-12H2,1-4H3,(H2,28,29,30,32)/t15-,16+,21-/m0/s1. The molecule has 0 bridgehead atoms. The minimum atomic E-state index is -1.28. The number of aromatic nitrogens is 4. The lowest BCUT2D eigenvalue weighted by Gasteiger charge is -2.24. The molecule has 3 aromatic rings. The van der Waals surface area contributed by atoms with Crippen LogP contribution in [0.3, 0.4) is 0 Å². The molecule has 0 unspecified atom stereocenters. The summed E-state index contributed by atoms with van der Waals surface area (Å²) >= 11 is 1.49. The number of ketones is 1. The van der Waals surface area contributed by atoms with Gasteiger partial charge in [-0.05, 0) is 53.0 Å². The first-order chi connectivity index (χ1) is 17.4. The SMILES string of the molecule is Cc1nc(NCC2(O)CCCC2)nc(N[C@@H]2C[C@H](C(C)(C)O)C(=O)[C@H]2O)c1-c1nc2c(C)nccc2s1. The van der Waals surface area contributed by atoms with E-state index in [4.69, 9.17) is 9.97 Å². The zero-order valence-corrected chi connectivity index (χ0v) is 22.4. The lowest BCUT2D eigenvalue weighted by Crippen LogP contribution is -2.36. The second kappa shape index (κ2) is 9.54. The topological polar surface area (TPSA) is 153 Å². The van der Waals surface area contributed by atoms with Crippen molar-refractivity contribution in [1.29, 1.82) is 0 Å². The number of hydrogen-bond acceptors (Lipinski definition) is 11. The van der Waals surface area contributed by atoms with E-state index in [1.54, 1.807) is 20.0 Å². The van der Waals surface area contributed by atoms with Crippen molar-refractivity contribution in [3.05, 3.63) is 23.7 Å². The Hall–Kier alpha value is -2.73. The Morgan fingerprint density at radius 2 is 1.89 bits per heavy atom. The number of nitrogens with one attached hydrogen (secondary N) is 2. The highest BCUT2D eigenvalue weighted by Gasteiger charge is 2.47. The van der Waals surface area contributed by atoms with Crippen molar-refractivity contribution in [2.45, 2.75) is 83.1 Å². The van der Waals surface area contributed by atoms with Crippen molar-refractivity contribution in [1.82, 2.24) is 19.9 Å². The van der Waals surface area contributed by atoms with Gasteiger partial charge in [0.2, 0.25) is 5.95 Å². The molecule has 2 saturated carbocycles. The molecule has 3 atom stereocenters. The van der Waals surface area contributed by atoms with Crippen LogP contribution in [0.5, 0.6) is 0 Å². The Balaban J connectivity index is 1.53. The monoisotopic (exact) mass is 526 g/mol. The van der Waals surface area contributed by atoms with Gasteiger partial charge in [0.15, 0.2) is 5.78 Å². The van der Waals surface area contributed by atoms with Crippen LogP contribution in [-0.4, -0.2) is 70.9 Å². The highest BCUT2D eigenvalue weighted by Crippen LogP contribution is 2.39. The van der Waals surface area contributed by atoms with Gasteiger partial charge in [-0.25, -0.2) is 9.97 Å². The van der Waals surface area contributed by atoms with Crippen LogP contribution in [0.2, 0.25) is 0 Å². The van der Waals surface area contributed by atoms with E-state index in [2.05, 4.69) is 20.6 Å².